The van der Waals surface area contributed by atoms with Crippen LogP contribution in [0.5, 0.6) is 0 Å². The Morgan fingerprint density at radius 3 is 2.87 bits per heavy atom. The molecule has 4 nitrogen and oxygen atoms in total. The SMILES string of the molecule is CC1(CCCOC2CCNC2)OCCO1. The van der Waals surface area contributed by atoms with E-state index in [0.29, 0.717) is 6.10 Å². The Hall–Kier alpha value is -0.160. The van der Waals surface area contributed by atoms with E-state index in [1.807, 2.05) is 6.92 Å². The largest absolute Gasteiger partial charge is 0.377 e. The zero-order valence-electron chi connectivity index (χ0n) is 9.46. The van der Waals surface area contributed by atoms with Crippen LogP contribution in [0, 0.1) is 0 Å². The number of hydrogen-bond acceptors (Lipinski definition) is 4. The van der Waals surface area contributed by atoms with Crippen molar-refractivity contribution in [3.63, 3.8) is 0 Å². The van der Waals surface area contributed by atoms with Crippen LogP contribution in [0.4, 0.5) is 0 Å². The van der Waals surface area contributed by atoms with Gasteiger partial charge in [-0.25, -0.2) is 0 Å². The summed E-state index contributed by atoms with van der Waals surface area (Å²) in [4.78, 5) is 0. The Bertz CT molecular complexity index is 186. The first-order chi connectivity index (χ1) is 7.29. The number of nitrogens with one attached hydrogen (secondary N) is 1. The van der Waals surface area contributed by atoms with Crippen molar-refractivity contribution in [1.29, 1.82) is 0 Å². The summed E-state index contributed by atoms with van der Waals surface area (Å²) in [7, 11) is 0. The third-order valence-electron chi connectivity index (χ3n) is 3.04. The Morgan fingerprint density at radius 1 is 1.40 bits per heavy atom. The first-order valence-electron chi connectivity index (χ1n) is 5.89. The predicted octanol–water partition coefficient (Wildman–Crippen LogP) is 0.908. The standard InChI is InChI=1S/C11H21NO3/c1-11(14-7-8-15-11)4-2-6-13-10-3-5-12-9-10/h10,12H,2-9H2,1H3. The van der Waals surface area contributed by atoms with Crippen molar-refractivity contribution >= 4 is 0 Å². The van der Waals surface area contributed by atoms with Gasteiger partial charge in [-0.1, -0.05) is 0 Å². The predicted molar refractivity (Wildman–Crippen MR) is 56.8 cm³/mol. The fraction of sp³-hybridized carbons (Fsp3) is 1.00. The Morgan fingerprint density at radius 2 is 2.20 bits per heavy atom. The lowest BCUT2D eigenvalue weighted by atomic mass is 10.2. The maximum absolute atomic E-state index is 5.73. The van der Waals surface area contributed by atoms with E-state index in [2.05, 4.69) is 5.32 Å². The van der Waals surface area contributed by atoms with E-state index in [1.54, 1.807) is 0 Å². The first kappa shape index (κ1) is 11.3. The van der Waals surface area contributed by atoms with Crippen LogP contribution in [0.3, 0.4) is 0 Å². The second-order valence-electron chi connectivity index (χ2n) is 4.42. The molecule has 2 aliphatic heterocycles. The highest BCUT2D eigenvalue weighted by molar-refractivity contribution is 4.72. The molecule has 1 N–H and O–H groups in total. The van der Waals surface area contributed by atoms with Crippen LogP contribution < -0.4 is 5.32 Å². The summed E-state index contributed by atoms with van der Waals surface area (Å²) >= 11 is 0. The minimum absolute atomic E-state index is 0.350. The lowest BCUT2D eigenvalue weighted by molar-refractivity contribution is -0.149. The van der Waals surface area contributed by atoms with Crippen LogP contribution in [0.15, 0.2) is 0 Å². The highest BCUT2D eigenvalue weighted by atomic mass is 16.7. The van der Waals surface area contributed by atoms with E-state index in [1.165, 1.54) is 0 Å². The van der Waals surface area contributed by atoms with E-state index in [9.17, 15) is 0 Å². The summed E-state index contributed by atoms with van der Waals surface area (Å²) in [5.41, 5.74) is 0. The molecular formula is C11H21NO3. The molecule has 15 heavy (non-hydrogen) atoms. The normalized spacial score (nSPS) is 29.8. The van der Waals surface area contributed by atoms with Crippen molar-refractivity contribution in [1.82, 2.24) is 5.32 Å². The molecule has 2 saturated heterocycles. The molecule has 0 aromatic heterocycles. The van der Waals surface area contributed by atoms with Gasteiger partial charge in [-0.15, -0.1) is 0 Å². The molecular weight excluding hydrogens is 194 g/mol. The molecule has 2 aliphatic rings. The first-order valence-corrected chi connectivity index (χ1v) is 5.89. The van der Waals surface area contributed by atoms with Crippen LogP contribution in [-0.2, 0) is 14.2 Å². The smallest absolute Gasteiger partial charge is 0.165 e. The molecule has 0 bridgehead atoms. The highest BCUT2D eigenvalue weighted by Crippen LogP contribution is 2.24. The molecule has 0 aliphatic carbocycles. The third kappa shape index (κ3) is 3.41. The molecule has 2 fully saturated rings. The third-order valence-corrected chi connectivity index (χ3v) is 3.04. The Balaban J connectivity index is 1.54. The molecule has 0 aromatic carbocycles. The molecule has 0 saturated carbocycles. The summed E-state index contributed by atoms with van der Waals surface area (Å²) in [5.74, 6) is -0.350. The maximum atomic E-state index is 5.73. The van der Waals surface area contributed by atoms with Crippen LogP contribution in [0.1, 0.15) is 26.2 Å². The Kier molecular flexibility index (Phi) is 3.97. The van der Waals surface area contributed by atoms with Gasteiger partial charge in [0.2, 0.25) is 0 Å². The number of rotatable bonds is 5. The van der Waals surface area contributed by atoms with Gasteiger partial charge >= 0.3 is 0 Å². The summed E-state index contributed by atoms with van der Waals surface area (Å²) < 4.78 is 16.8. The van der Waals surface area contributed by atoms with Gasteiger partial charge in [0, 0.05) is 19.6 Å². The van der Waals surface area contributed by atoms with Gasteiger partial charge in [-0.3, -0.25) is 0 Å². The summed E-state index contributed by atoms with van der Waals surface area (Å²) in [5, 5.41) is 3.29. The molecule has 1 atom stereocenters. The van der Waals surface area contributed by atoms with Crippen molar-refractivity contribution in [2.24, 2.45) is 0 Å². The average molecular weight is 215 g/mol. The summed E-state index contributed by atoms with van der Waals surface area (Å²) in [6.45, 7) is 6.37. The van der Waals surface area contributed by atoms with Crippen molar-refractivity contribution in [3.8, 4) is 0 Å². The van der Waals surface area contributed by atoms with Crippen LogP contribution in [0.25, 0.3) is 0 Å². The van der Waals surface area contributed by atoms with Crippen molar-refractivity contribution < 1.29 is 14.2 Å². The Labute approximate surface area is 91.3 Å². The molecule has 2 heterocycles. The second kappa shape index (κ2) is 5.25. The molecule has 2 rings (SSSR count). The lowest BCUT2D eigenvalue weighted by Crippen LogP contribution is -2.26. The van der Waals surface area contributed by atoms with Crippen LogP contribution in [-0.4, -0.2) is 44.8 Å². The van der Waals surface area contributed by atoms with Crippen molar-refractivity contribution in [2.75, 3.05) is 32.9 Å². The van der Waals surface area contributed by atoms with E-state index in [0.717, 1.165) is 52.2 Å². The van der Waals surface area contributed by atoms with Crippen molar-refractivity contribution in [2.45, 2.75) is 38.1 Å². The van der Waals surface area contributed by atoms with Gasteiger partial charge in [-0.2, -0.15) is 0 Å². The molecule has 0 radical (unpaired) electrons. The fourth-order valence-corrected chi connectivity index (χ4v) is 2.11. The fourth-order valence-electron chi connectivity index (χ4n) is 2.11. The number of hydrogen-bond donors (Lipinski definition) is 1. The van der Waals surface area contributed by atoms with E-state index < -0.39 is 0 Å². The van der Waals surface area contributed by atoms with Crippen LogP contribution in [0.2, 0.25) is 0 Å². The zero-order valence-corrected chi connectivity index (χ0v) is 9.46. The topological polar surface area (TPSA) is 39.7 Å². The molecule has 0 amide bonds. The minimum atomic E-state index is -0.350. The maximum Gasteiger partial charge on any atom is 0.165 e. The van der Waals surface area contributed by atoms with Crippen LogP contribution >= 0.6 is 0 Å². The van der Waals surface area contributed by atoms with E-state index in [-0.39, 0.29) is 5.79 Å². The van der Waals surface area contributed by atoms with E-state index >= 15 is 0 Å². The van der Waals surface area contributed by atoms with Gasteiger partial charge in [0.15, 0.2) is 5.79 Å². The summed E-state index contributed by atoms with van der Waals surface area (Å²) in [6.07, 6.45) is 3.49. The molecule has 0 aromatic rings. The van der Waals surface area contributed by atoms with Gasteiger partial charge in [0.25, 0.3) is 0 Å². The average Bonchev–Trinajstić information content (AvgIpc) is 2.84. The quantitative estimate of drug-likeness (QED) is 0.692. The monoisotopic (exact) mass is 215 g/mol. The molecule has 0 spiro atoms. The minimum Gasteiger partial charge on any atom is -0.377 e. The number of ether oxygens (including phenoxy) is 3. The van der Waals surface area contributed by atoms with Gasteiger partial charge in [0.05, 0.1) is 19.3 Å². The summed E-state index contributed by atoms with van der Waals surface area (Å²) in [6, 6.07) is 0. The van der Waals surface area contributed by atoms with Gasteiger partial charge in [0.1, 0.15) is 0 Å². The molecule has 1 unspecified atom stereocenters. The van der Waals surface area contributed by atoms with Crippen molar-refractivity contribution in [3.05, 3.63) is 0 Å². The van der Waals surface area contributed by atoms with Gasteiger partial charge in [-0.05, 0) is 26.3 Å². The highest BCUT2D eigenvalue weighted by Gasteiger charge is 2.30. The lowest BCUT2D eigenvalue weighted by Gasteiger charge is -2.22. The van der Waals surface area contributed by atoms with Gasteiger partial charge < -0.3 is 19.5 Å². The van der Waals surface area contributed by atoms with E-state index in [4.69, 9.17) is 14.2 Å². The molecule has 4 heteroatoms. The second-order valence-corrected chi connectivity index (χ2v) is 4.42. The zero-order chi connectivity index (χ0) is 10.6. The molecule has 88 valence electrons.